The zero-order valence-corrected chi connectivity index (χ0v) is 19.8. The van der Waals surface area contributed by atoms with E-state index in [9.17, 15) is 26.8 Å². The van der Waals surface area contributed by atoms with Gasteiger partial charge in [0.1, 0.15) is 11.4 Å². The van der Waals surface area contributed by atoms with Gasteiger partial charge in [-0.15, -0.1) is 0 Å². The standard InChI is InChI=1S/C22H22F2N6O5S/c1-2-9-36(34,35)29-16-4-3-15(23)17(18(16)24)21(31)26-13-10-14-19(27-28-20(14)25-11-13)12-5-7-30(8-6-12)22(32)33/h3-5,10-11,29H,2,6-9H2,1H3,(H,26,31)(H,32,33)(H,25,27,28). The highest BCUT2D eigenvalue weighted by Gasteiger charge is 2.24. The number of aromatic amines is 1. The molecule has 2 aromatic heterocycles. The molecule has 4 rings (SSSR count). The predicted molar refractivity (Wildman–Crippen MR) is 128 cm³/mol. The molecule has 0 radical (unpaired) electrons. The summed E-state index contributed by atoms with van der Waals surface area (Å²) >= 11 is 0. The van der Waals surface area contributed by atoms with E-state index in [4.69, 9.17) is 5.11 Å². The van der Waals surface area contributed by atoms with E-state index < -0.39 is 44.9 Å². The number of amides is 2. The maximum atomic E-state index is 14.9. The third kappa shape index (κ3) is 5.12. The second-order valence-corrected chi connectivity index (χ2v) is 9.90. The zero-order chi connectivity index (χ0) is 26.0. The zero-order valence-electron chi connectivity index (χ0n) is 19.0. The smallest absolute Gasteiger partial charge is 0.407 e. The van der Waals surface area contributed by atoms with Crippen LogP contribution < -0.4 is 10.0 Å². The first kappa shape index (κ1) is 25.0. The van der Waals surface area contributed by atoms with Crippen LogP contribution >= 0.6 is 0 Å². The maximum absolute atomic E-state index is 14.9. The minimum atomic E-state index is -3.87. The monoisotopic (exact) mass is 520 g/mol. The Morgan fingerprint density at radius 2 is 2.06 bits per heavy atom. The number of carboxylic acid groups (broad SMARTS) is 1. The van der Waals surface area contributed by atoms with Crippen molar-refractivity contribution in [1.29, 1.82) is 0 Å². The number of hydrogen-bond donors (Lipinski definition) is 4. The van der Waals surface area contributed by atoms with Crippen LogP contribution in [0.5, 0.6) is 0 Å². The molecule has 0 saturated carbocycles. The Bertz CT molecular complexity index is 1490. The third-order valence-electron chi connectivity index (χ3n) is 5.51. The normalized spacial score (nSPS) is 14.0. The number of pyridine rings is 1. The summed E-state index contributed by atoms with van der Waals surface area (Å²) in [5, 5.41) is 19.0. The minimum absolute atomic E-state index is 0.120. The fourth-order valence-electron chi connectivity index (χ4n) is 3.79. The van der Waals surface area contributed by atoms with E-state index in [1.807, 2.05) is 4.72 Å². The van der Waals surface area contributed by atoms with Gasteiger partial charge in [0, 0.05) is 18.5 Å². The Labute approximate surface area is 204 Å². The molecule has 3 heterocycles. The van der Waals surface area contributed by atoms with Crippen LogP contribution in [0, 0.1) is 11.6 Å². The van der Waals surface area contributed by atoms with Crippen LogP contribution in [0.1, 0.15) is 35.8 Å². The van der Waals surface area contributed by atoms with Crippen LogP contribution in [0.3, 0.4) is 0 Å². The number of rotatable bonds is 7. The molecule has 0 aliphatic carbocycles. The molecule has 14 heteroatoms. The van der Waals surface area contributed by atoms with Crippen molar-refractivity contribution in [2.24, 2.45) is 0 Å². The summed E-state index contributed by atoms with van der Waals surface area (Å²) in [5.41, 5.74) is 0.323. The van der Waals surface area contributed by atoms with Crippen LogP contribution in [-0.4, -0.2) is 64.4 Å². The number of benzene rings is 1. The summed E-state index contributed by atoms with van der Waals surface area (Å²) in [4.78, 5) is 29.3. The summed E-state index contributed by atoms with van der Waals surface area (Å²) in [6.45, 7) is 2.11. The molecule has 1 aromatic carbocycles. The van der Waals surface area contributed by atoms with Gasteiger partial charge in [-0.05, 0) is 36.6 Å². The molecule has 4 N–H and O–H groups in total. The maximum Gasteiger partial charge on any atom is 0.407 e. The van der Waals surface area contributed by atoms with E-state index >= 15 is 0 Å². The van der Waals surface area contributed by atoms with Crippen molar-refractivity contribution in [3.63, 3.8) is 0 Å². The van der Waals surface area contributed by atoms with Crippen LogP contribution in [0.4, 0.5) is 25.0 Å². The third-order valence-corrected chi connectivity index (χ3v) is 6.99. The number of aromatic nitrogens is 3. The van der Waals surface area contributed by atoms with E-state index in [1.165, 1.54) is 17.2 Å². The van der Waals surface area contributed by atoms with Crippen molar-refractivity contribution in [2.75, 3.05) is 28.9 Å². The van der Waals surface area contributed by atoms with Crippen molar-refractivity contribution >= 4 is 50.0 Å². The Morgan fingerprint density at radius 1 is 1.28 bits per heavy atom. The van der Waals surface area contributed by atoms with Gasteiger partial charge in [-0.2, -0.15) is 5.10 Å². The number of carbonyl (C=O) groups is 2. The van der Waals surface area contributed by atoms with Gasteiger partial charge in [0.25, 0.3) is 5.91 Å². The number of fused-ring (bicyclic) bond motifs is 1. The van der Waals surface area contributed by atoms with Gasteiger partial charge in [-0.3, -0.25) is 14.6 Å². The van der Waals surface area contributed by atoms with Crippen molar-refractivity contribution in [1.82, 2.24) is 20.1 Å². The van der Waals surface area contributed by atoms with E-state index in [1.54, 1.807) is 13.0 Å². The summed E-state index contributed by atoms with van der Waals surface area (Å²) in [7, 11) is -3.87. The number of sulfonamides is 1. The molecule has 0 unspecified atom stereocenters. The van der Waals surface area contributed by atoms with Crippen LogP contribution in [0.15, 0.2) is 30.5 Å². The van der Waals surface area contributed by atoms with Crippen molar-refractivity contribution in [3.8, 4) is 0 Å². The largest absolute Gasteiger partial charge is 0.465 e. The van der Waals surface area contributed by atoms with E-state index in [0.717, 1.165) is 17.7 Å². The van der Waals surface area contributed by atoms with Gasteiger partial charge in [-0.1, -0.05) is 13.0 Å². The summed E-state index contributed by atoms with van der Waals surface area (Å²) in [6.07, 6.45) is 2.68. The number of anilines is 2. The summed E-state index contributed by atoms with van der Waals surface area (Å²) in [5.74, 6) is -3.92. The lowest BCUT2D eigenvalue weighted by Gasteiger charge is -2.23. The molecule has 2 amide bonds. The summed E-state index contributed by atoms with van der Waals surface area (Å²) < 4.78 is 55.4. The number of nitrogens with zero attached hydrogens (tertiary/aromatic N) is 3. The lowest BCUT2D eigenvalue weighted by molar-refractivity contribution is 0.101. The molecule has 1 aliphatic rings. The average Bonchev–Trinajstić information content (AvgIpc) is 3.24. The Kier molecular flexibility index (Phi) is 6.88. The molecule has 0 spiro atoms. The first-order chi connectivity index (χ1) is 17.1. The molecule has 11 nitrogen and oxygen atoms in total. The topological polar surface area (TPSA) is 157 Å². The van der Waals surface area contributed by atoms with Crippen molar-refractivity contribution in [2.45, 2.75) is 19.8 Å². The van der Waals surface area contributed by atoms with Gasteiger partial charge in [0.2, 0.25) is 10.0 Å². The van der Waals surface area contributed by atoms with Crippen molar-refractivity contribution in [3.05, 3.63) is 53.4 Å². The molecule has 36 heavy (non-hydrogen) atoms. The number of H-pyrrole nitrogens is 1. The number of carbonyl (C=O) groups excluding carboxylic acids is 1. The quantitative estimate of drug-likeness (QED) is 0.372. The van der Waals surface area contributed by atoms with Crippen LogP contribution in [0.25, 0.3) is 16.6 Å². The highest BCUT2D eigenvalue weighted by Crippen LogP contribution is 2.29. The minimum Gasteiger partial charge on any atom is -0.465 e. The lowest BCUT2D eigenvalue weighted by Crippen LogP contribution is -2.33. The molecular formula is C22H22F2N6O5S. The Balaban J connectivity index is 1.60. The molecule has 0 bridgehead atoms. The van der Waals surface area contributed by atoms with E-state index in [0.29, 0.717) is 23.1 Å². The SMILES string of the molecule is CCCS(=O)(=O)Nc1ccc(F)c(C(=O)Nc2cnc3[nH]nc(C4=CCN(C(=O)O)CC4)c3c2)c1F. The van der Waals surface area contributed by atoms with E-state index in [-0.39, 0.29) is 31.0 Å². The van der Waals surface area contributed by atoms with E-state index in [2.05, 4.69) is 20.5 Å². The lowest BCUT2D eigenvalue weighted by atomic mass is 10.0. The molecule has 0 saturated heterocycles. The van der Waals surface area contributed by atoms with Gasteiger partial charge in [0.05, 0.1) is 29.0 Å². The average molecular weight is 521 g/mol. The number of hydrogen-bond acceptors (Lipinski definition) is 6. The molecule has 0 fully saturated rings. The highest BCUT2D eigenvalue weighted by atomic mass is 32.2. The molecule has 190 valence electrons. The first-order valence-corrected chi connectivity index (χ1v) is 12.6. The van der Waals surface area contributed by atoms with Gasteiger partial charge < -0.3 is 15.3 Å². The molecular weight excluding hydrogens is 498 g/mol. The van der Waals surface area contributed by atoms with Gasteiger partial charge >= 0.3 is 6.09 Å². The second-order valence-electron chi connectivity index (χ2n) is 8.06. The van der Waals surface area contributed by atoms with Crippen LogP contribution in [0.2, 0.25) is 0 Å². The fraction of sp³-hybridized carbons (Fsp3) is 0.273. The second kappa shape index (κ2) is 9.89. The number of nitrogens with one attached hydrogen (secondary N) is 3. The first-order valence-electron chi connectivity index (χ1n) is 10.9. The predicted octanol–water partition coefficient (Wildman–Crippen LogP) is 3.41. The Hall–Kier alpha value is -4.07. The highest BCUT2D eigenvalue weighted by molar-refractivity contribution is 7.92. The fourth-order valence-corrected chi connectivity index (χ4v) is 4.93. The Morgan fingerprint density at radius 3 is 2.72 bits per heavy atom. The number of halogens is 2. The molecule has 1 aliphatic heterocycles. The molecule has 0 atom stereocenters. The molecule has 3 aromatic rings. The van der Waals surface area contributed by atoms with Crippen molar-refractivity contribution < 1.29 is 31.9 Å². The van der Waals surface area contributed by atoms with Gasteiger partial charge in [0.15, 0.2) is 11.5 Å². The van der Waals surface area contributed by atoms with Crippen LogP contribution in [-0.2, 0) is 10.0 Å². The summed E-state index contributed by atoms with van der Waals surface area (Å²) in [6, 6.07) is 3.23. The van der Waals surface area contributed by atoms with Gasteiger partial charge in [-0.25, -0.2) is 27.0 Å².